The fourth-order valence-electron chi connectivity index (χ4n) is 2.42. The van der Waals surface area contributed by atoms with E-state index >= 15 is 0 Å². The van der Waals surface area contributed by atoms with E-state index < -0.39 is 5.82 Å². The van der Waals surface area contributed by atoms with Crippen molar-refractivity contribution in [3.8, 4) is 0 Å². The fraction of sp³-hybridized carbons (Fsp3) is 0.188. The minimum absolute atomic E-state index is 0.0867. The average Bonchev–Trinajstić information content (AvgIpc) is 3.23. The van der Waals surface area contributed by atoms with E-state index in [0.717, 1.165) is 6.07 Å². The van der Waals surface area contributed by atoms with Crippen LogP contribution >= 0.6 is 11.6 Å². The zero-order valence-electron chi connectivity index (χ0n) is 10.9. The Labute approximate surface area is 125 Å². The summed E-state index contributed by atoms with van der Waals surface area (Å²) in [6.07, 6.45) is 0.571. The molecule has 1 N–H and O–H groups in total. The maximum atomic E-state index is 13.6. The Morgan fingerprint density at radius 1 is 1.14 bits per heavy atom. The SMILES string of the molecule is O=C(Nc1ccc(Cl)cc1F)C1CC1c1ccccc1F. The van der Waals surface area contributed by atoms with Crippen LogP contribution in [0.3, 0.4) is 0 Å². The molecule has 0 aliphatic heterocycles. The van der Waals surface area contributed by atoms with Gasteiger partial charge < -0.3 is 5.32 Å². The zero-order valence-corrected chi connectivity index (χ0v) is 11.7. The van der Waals surface area contributed by atoms with Crippen LogP contribution in [0.5, 0.6) is 0 Å². The van der Waals surface area contributed by atoms with Crippen molar-refractivity contribution in [1.29, 1.82) is 0 Å². The molecule has 1 aliphatic rings. The van der Waals surface area contributed by atoms with E-state index in [1.54, 1.807) is 18.2 Å². The van der Waals surface area contributed by atoms with Gasteiger partial charge in [0.1, 0.15) is 11.6 Å². The van der Waals surface area contributed by atoms with Crippen molar-refractivity contribution in [3.63, 3.8) is 0 Å². The fourth-order valence-corrected chi connectivity index (χ4v) is 2.58. The Kier molecular flexibility index (Phi) is 3.64. The van der Waals surface area contributed by atoms with E-state index in [1.165, 1.54) is 18.2 Å². The summed E-state index contributed by atoms with van der Waals surface area (Å²) < 4.78 is 27.3. The molecule has 0 heterocycles. The first kappa shape index (κ1) is 14.0. The highest BCUT2D eigenvalue weighted by molar-refractivity contribution is 6.30. The van der Waals surface area contributed by atoms with Gasteiger partial charge in [-0.1, -0.05) is 29.8 Å². The molecule has 0 saturated heterocycles. The first-order valence-electron chi connectivity index (χ1n) is 6.56. The number of halogens is 3. The average molecular weight is 308 g/mol. The second-order valence-corrected chi connectivity index (χ2v) is 5.52. The standard InChI is InChI=1S/C16H12ClF2NO/c17-9-5-6-15(14(19)7-9)20-16(21)12-8-11(12)10-3-1-2-4-13(10)18/h1-7,11-12H,8H2,(H,20,21). The van der Waals surface area contributed by atoms with Crippen molar-refractivity contribution in [2.24, 2.45) is 5.92 Å². The van der Waals surface area contributed by atoms with Crippen LogP contribution < -0.4 is 5.32 Å². The Morgan fingerprint density at radius 3 is 2.62 bits per heavy atom. The predicted molar refractivity (Wildman–Crippen MR) is 77.3 cm³/mol. The van der Waals surface area contributed by atoms with Gasteiger partial charge in [-0.05, 0) is 42.2 Å². The molecule has 0 spiro atoms. The van der Waals surface area contributed by atoms with Gasteiger partial charge in [0.15, 0.2) is 0 Å². The van der Waals surface area contributed by atoms with Gasteiger partial charge in [-0.25, -0.2) is 8.78 Å². The van der Waals surface area contributed by atoms with Gasteiger partial charge >= 0.3 is 0 Å². The number of hydrogen-bond donors (Lipinski definition) is 1. The molecule has 5 heteroatoms. The van der Waals surface area contributed by atoms with Gasteiger partial charge in [-0.2, -0.15) is 0 Å². The minimum atomic E-state index is -0.584. The van der Waals surface area contributed by atoms with E-state index in [1.807, 2.05) is 0 Å². The molecule has 108 valence electrons. The van der Waals surface area contributed by atoms with Gasteiger partial charge in [0.2, 0.25) is 5.91 Å². The Morgan fingerprint density at radius 2 is 1.90 bits per heavy atom. The van der Waals surface area contributed by atoms with Crippen LogP contribution in [0.4, 0.5) is 14.5 Å². The quantitative estimate of drug-likeness (QED) is 0.897. The monoisotopic (exact) mass is 307 g/mol. The van der Waals surface area contributed by atoms with Crippen LogP contribution in [-0.2, 0) is 4.79 Å². The zero-order chi connectivity index (χ0) is 15.0. The number of carbonyl (C=O) groups is 1. The molecule has 2 aromatic rings. The predicted octanol–water partition coefficient (Wildman–Crippen LogP) is 4.36. The van der Waals surface area contributed by atoms with E-state index in [0.29, 0.717) is 12.0 Å². The Hall–Kier alpha value is -1.94. The third-order valence-corrected chi connectivity index (χ3v) is 3.86. The highest BCUT2D eigenvalue weighted by Crippen LogP contribution is 2.48. The number of benzene rings is 2. The first-order chi connectivity index (χ1) is 10.1. The lowest BCUT2D eigenvalue weighted by Crippen LogP contribution is -2.15. The van der Waals surface area contributed by atoms with Crippen LogP contribution in [0.1, 0.15) is 17.9 Å². The summed E-state index contributed by atoms with van der Waals surface area (Å²) in [5, 5.41) is 2.79. The summed E-state index contributed by atoms with van der Waals surface area (Å²) >= 11 is 5.65. The molecule has 1 saturated carbocycles. The molecule has 2 atom stereocenters. The molecule has 2 aromatic carbocycles. The molecule has 2 nitrogen and oxygen atoms in total. The second kappa shape index (κ2) is 5.45. The topological polar surface area (TPSA) is 29.1 Å². The van der Waals surface area contributed by atoms with Crippen LogP contribution in [0.2, 0.25) is 5.02 Å². The lowest BCUT2D eigenvalue weighted by atomic mass is 10.1. The number of anilines is 1. The molecule has 1 amide bonds. The molecule has 0 bridgehead atoms. The molecule has 1 aliphatic carbocycles. The number of amides is 1. The van der Waals surface area contributed by atoms with Crippen LogP contribution in [-0.4, -0.2) is 5.91 Å². The third kappa shape index (κ3) is 2.90. The normalized spacial score (nSPS) is 20.1. The van der Waals surface area contributed by atoms with Gasteiger partial charge in [0, 0.05) is 10.9 Å². The van der Waals surface area contributed by atoms with Crippen molar-refractivity contribution in [3.05, 3.63) is 64.7 Å². The van der Waals surface area contributed by atoms with E-state index in [4.69, 9.17) is 11.6 Å². The number of hydrogen-bond acceptors (Lipinski definition) is 1. The molecule has 0 aromatic heterocycles. The van der Waals surface area contributed by atoms with Crippen molar-refractivity contribution >= 4 is 23.2 Å². The number of rotatable bonds is 3. The van der Waals surface area contributed by atoms with Crippen molar-refractivity contribution in [2.45, 2.75) is 12.3 Å². The molecule has 21 heavy (non-hydrogen) atoms. The van der Waals surface area contributed by atoms with E-state index in [2.05, 4.69) is 5.32 Å². The highest BCUT2D eigenvalue weighted by Gasteiger charge is 2.45. The maximum Gasteiger partial charge on any atom is 0.228 e. The summed E-state index contributed by atoms with van der Waals surface area (Å²) in [5.41, 5.74) is 0.623. The van der Waals surface area contributed by atoms with Crippen molar-refractivity contribution < 1.29 is 13.6 Å². The summed E-state index contributed by atoms with van der Waals surface area (Å²) in [5.74, 6) is -1.66. The van der Waals surface area contributed by atoms with Crippen LogP contribution in [0, 0.1) is 17.6 Å². The minimum Gasteiger partial charge on any atom is -0.323 e. The number of carbonyl (C=O) groups excluding carboxylic acids is 1. The molecule has 2 unspecified atom stereocenters. The molecule has 1 fully saturated rings. The molecular formula is C16H12ClF2NO. The van der Waals surface area contributed by atoms with E-state index in [9.17, 15) is 13.6 Å². The number of nitrogens with one attached hydrogen (secondary N) is 1. The lowest BCUT2D eigenvalue weighted by Gasteiger charge is -2.07. The molecular weight excluding hydrogens is 296 g/mol. The van der Waals surface area contributed by atoms with Crippen molar-refractivity contribution in [1.82, 2.24) is 0 Å². The maximum absolute atomic E-state index is 13.6. The first-order valence-corrected chi connectivity index (χ1v) is 6.94. The molecule has 3 rings (SSSR count). The van der Waals surface area contributed by atoms with Gasteiger partial charge in [0.05, 0.1) is 5.69 Å². The largest absolute Gasteiger partial charge is 0.323 e. The summed E-state index contributed by atoms with van der Waals surface area (Å²) in [4.78, 5) is 12.1. The Bertz CT molecular complexity index is 704. The van der Waals surface area contributed by atoms with Crippen LogP contribution in [0.25, 0.3) is 0 Å². The van der Waals surface area contributed by atoms with Crippen LogP contribution in [0.15, 0.2) is 42.5 Å². The van der Waals surface area contributed by atoms with Crippen molar-refractivity contribution in [2.75, 3.05) is 5.32 Å². The summed E-state index contributed by atoms with van der Waals surface area (Å²) in [6, 6.07) is 10.5. The van der Waals surface area contributed by atoms with Gasteiger partial charge in [0.25, 0.3) is 0 Å². The van der Waals surface area contributed by atoms with Gasteiger partial charge in [-0.3, -0.25) is 4.79 Å². The summed E-state index contributed by atoms with van der Waals surface area (Å²) in [7, 11) is 0. The smallest absolute Gasteiger partial charge is 0.228 e. The second-order valence-electron chi connectivity index (χ2n) is 5.08. The third-order valence-electron chi connectivity index (χ3n) is 3.62. The van der Waals surface area contributed by atoms with Gasteiger partial charge in [-0.15, -0.1) is 0 Å². The summed E-state index contributed by atoms with van der Waals surface area (Å²) in [6.45, 7) is 0. The van der Waals surface area contributed by atoms with E-state index in [-0.39, 0.29) is 34.3 Å². The highest BCUT2D eigenvalue weighted by atomic mass is 35.5. The lowest BCUT2D eigenvalue weighted by molar-refractivity contribution is -0.117. The Balaban J connectivity index is 1.70. The molecule has 0 radical (unpaired) electrons.